The van der Waals surface area contributed by atoms with Gasteiger partial charge in [-0.25, -0.2) is 0 Å². The zero-order valence-corrected chi connectivity index (χ0v) is 5.14. The van der Waals surface area contributed by atoms with E-state index in [1.807, 2.05) is 6.08 Å². The summed E-state index contributed by atoms with van der Waals surface area (Å²) in [5, 5.41) is 0. The van der Waals surface area contributed by atoms with Gasteiger partial charge in [0.15, 0.2) is 0 Å². The van der Waals surface area contributed by atoms with Crippen LogP contribution in [0.3, 0.4) is 0 Å². The summed E-state index contributed by atoms with van der Waals surface area (Å²) in [6.45, 7) is 3.64. The molecule has 1 heteroatoms. The summed E-state index contributed by atoms with van der Waals surface area (Å²) in [6, 6.07) is 0.267. The molecule has 1 unspecified atom stereocenters. The van der Waals surface area contributed by atoms with Crippen LogP contribution >= 0.6 is 0 Å². The Balaban J connectivity index is 2.22. The largest absolute Gasteiger partial charge is 0.324 e. The molecule has 0 aromatic carbocycles. The zero-order chi connectivity index (χ0) is 5.98. The summed E-state index contributed by atoms with van der Waals surface area (Å²) in [7, 11) is 0. The second-order valence-electron chi connectivity index (χ2n) is 2.50. The Kier molecular flexibility index (Phi) is 1.69. The number of hydrogen-bond acceptors (Lipinski definition) is 1. The lowest BCUT2D eigenvalue weighted by molar-refractivity contribution is 0.289. The molecule has 1 aliphatic rings. The number of hydrogen-bond donors (Lipinski definition) is 1. The second kappa shape index (κ2) is 2.31. The maximum atomic E-state index is 5.66. The number of nitrogens with two attached hydrogens (primary N) is 1. The first kappa shape index (κ1) is 5.83. The van der Waals surface area contributed by atoms with Gasteiger partial charge in [-0.1, -0.05) is 12.5 Å². The van der Waals surface area contributed by atoms with Crippen LogP contribution in [0.4, 0.5) is 0 Å². The molecule has 1 saturated carbocycles. The van der Waals surface area contributed by atoms with Crippen molar-refractivity contribution < 1.29 is 0 Å². The van der Waals surface area contributed by atoms with Crippen LogP contribution in [-0.2, 0) is 0 Å². The van der Waals surface area contributed by atoms with Crippen molar-refractivity contribution >= 4 is 0 Å². The lowest BCUT2D eigenvalue weighted by atomic mass is 9.80. The summed E-state index contributed by atoms with van der Waals surface area (Å²) in [5.41, 5.74) is 5.66. The van der Waals surface area contributed by atoms with Crippen LogP contribution in [0, 0.1) is 5.92 Å². The van der Waals surface area contributed by atoms with Gasteiger partial charge in [-0.2, -0.15) is 0 Å². The fourth-order valence-electron chi connectivity index (χ4n) is 1.02. The molecule has 1 aliphatic carbocycles. The highest BCUT2D eigenvalue weighted by atomic mass is 14.6. The van der Waals surface area contributed by atoms with Crippen molar-refractivity contribution in [3.8, 4) is 0 Å². The summed E-state index contributed by atoms with van der Waals surface area (Å²) < 4.78 is 0. The van der Waals surface area contributed by atoms with E-state index in [-0.39, 0.29) is 6.04 Å². The smallest absolute Gasteiger partial charge is 0.0249 e. The van der Waals surface area contributed by atoms with E-state index in [1.165, 1.54) is 19.3 Å². The van der Waals surface area contributed by atoms with Gasteiger partial charge in [0, 0.05) is 6.04 Å². The van der Waals surface area contributed by atoms with E-state index >= 15 is 0 Å². The highest BCUT2D eigenvalue weighted by Gasteiger charge is 2.21. The van der Waals surface area contributed by atoms with Crippen molar-refractivity contribution in [2.24, 2.45) is 11.7 Å². The Bertz CT molecular complexity index is 84.4. The first-order chi connectivity index (χ1) is 3.84. The fraction of sp³-hybridized carbons (Fsp3) is 0.714. The molecule has 1 rings (SSSR count). The van der Waals surface area contributed by atoms with Crippen LogP contribution in [-0.4, -0.2) is 6.04 Å². The molecule has 0 amide bonds. The first-order valence-electron chi connectivity index (χ1n) is 3.22. The summed E-state index contributed by atoms with van der Waals surface area (Å²) in [5.74, 6) is 0.757. The SMILES string of the molecule is C=CC(N)C1CCC1. The van der Waals surface area contributed by atoms with E-state index in [4.69, 9.17) is 5.73 Å². The van der Waals surface area contributed by atoms with Gasteiger partial charge < -0.3 is 5.73 Å². The third-order valence-corrected chi connectivity index (χ3v) is 1.97. The van der Waals surface area contributed by atoms with Crippen LogP contribution in [0.15, 0.2) is 12.7 Å². The minimum Gasteiger partial charge on any atom is -0.324 e. The Labute approximate surface area is 50.6 Å². The molecule has 8 heavy (non-hydrogen) atoms. The van der Waals surface area contributed by atoms with Crippen molar-refractivity contribution in [2.45, 2.75) is 25.3 Å². The first-order valence-corrected chi connectivity index (χ1v) is 3.22. The van der Waals surface area contributed by atoms with Crippen LogP contribution < -0.4 is 5.73 Å². The Morgan fingerprint density at radius 3 is 2.38 bits per heavy atom. The molecule has 0 aromatic heterocycles. The average Bonchev–Trinajstić information content (AvgIpc) is 1.62. The minimum absolute atomic E-state index is 0.267. The van der Waals surface area contributed by atoms with Crippen LogP contribution in [0.2, 0.25) is 0 Å². The average molecular weight is 111 g/mol. The molecule has 1 fully saturated rings. The van der Waals surface area contributed by atoms with E-state index < -0.39 is 0 Å². The topological polar surface area (TPSA) is 26.0 Å². The van der Waals surface area contributed by atoms with Crippen LogP contribution in [0.1, 0.15) is 19.3 Å². The monoisotopic (exact) mass is 111 g/mol. The quantitative estimate of drug-likeness (QED) is 0.534. The molecule has 1 nitrogen and oxygen atoms in total. The van der Waals surface area contributed by atoms with Crippen molar-refractivity contribution in [1.29, 1.82) is 0 Å². The predicted molar refractivity (Wildman–Crippen MR) is 35.5 cm³/mol. The minimum atomic E-state index is 0.267. The normalized spacial score (nSPS) is 24.1. The zero-order valence-electron chi connectivity index (χ0n) is 5.14. The molecule has 0 radical (unpaired) electrons. The van der Waals surface area contributed by atoms with Gasteiger partial charge >= 0.3 is 0 Å². The predicted octanol–water partition coefficient (Wildman–Crippen LogP) is 1.30. The van der Waals surface area contributed by atoms with Crippen molar-refractivity contribution in [3.63, 3.8) is 0 Å². The van der Waals surface area contributed by atoms with Gasteiger partial charge in [-0.3, -0.25) is 0 Å². The molecule has 46 valence electrons. The highest BCUT2D eigenvalue weighted by molar-refractivity contribution is 4.91. The van der Waals surface area contributed by atoms with E-state index in [2.05, 4.69) is 6.58 Å². The molecule has 0 bridgehead atoms. The van der Waals surface area contributed by atoms with Gasteiger partial charge in [-0.05, 0) is 18.8 Å². The summed E-state index contributed by atoms with van der Waals surface area (Å²) in [6.07, 6.45) is 5.84. The molecule has 0 heterocycles. The molecule has 0 aromatic rings. The maximum Gasteiger partial charge on any atom is 0.0249 e. The third kappa shape index (κ3) is 0.920. The van der Waals surface area contributed by atoms with Gasteiger partial charge in [0.05, 0.1) is 0 Å². The van der Waals surface area contributed by atoms with Gasteiger partial charge in [0.25, 0.3) is 0 Å². The molecule has 0 saturated heterocycles. The Hall–Kier alpha value is -0.300. The highest BCUT2D eigenvalue weighted by Crippen LogP contribution is 2.28. The molecular weight excluding hydrogens is 98.1 g/mol. The van der Waals surface area contributed by atoms with Crippen molar-refractivity contribution in [1.82, 2.24) is 0 Å². The summed E-state index contributed by atoms with van der Waals surface area (Å²) >= 11 is 0. The standard InChI is InChI=1S/C7H13N/c1-2-7(8)6-4-3-5-6/h2,6-7H,1,3-5,8H2. The van der Waals surface area contributed by atoms with E-state index in [0.29, 0.717) is 0 Å². The van der Waals surface area contributed by atoms with Crippen molar-refractivity contribution in [2.75, 3.05) is 0 Å². The second-order valence-corrected chi connectivity index (χ2v) is 2.50. The molecule has 1 atom stereocenters. The maximum absolute atomic E-state index is 5.66. The summed E-state index contributed by atoms with van der Waals surface area (Å²) in [4.78, 5) is 0. The lowest BCUT2D eigenvalue weighted by Crippen LogP contribution is -2.32. The van der Waals surface area contributed by atoms with Crippen LogP contribution in [0.25, 0.3) is 0 Å². The van der Waals surface area contributed by atoms with Crippen molar-refractivity contribution in [3.05, 3.63) is 12.7 Å². The Morgan fingerprint density at radius 1 is 1.62 bits per heavy atom. The van der Waals surface area contributed by atoms with E-state index in [0.717, 1.165) is 5.92 Å². The molecule has 0 spiro atoms. The number of rotatable bonds is 2. The van der Waals surface area contributed by atoms with Gasteiger partial charge in [-0.15, -0.1) is 6.58 Å². The van der Waals surface area contributed by atoms with E-state index in [1.54, 1.807) is 0 Å². The Morgan fingerprint density at radius 2 is 2.25 bits per heavy atom. The fourth-order valence-corrected chi connectivity index (χ4v) is 1.02. The molecular formula is C7H13N. The lowest BCUT2D eigenvalue weighted by Gasteiger charge is -2.28. The van der Waals surface area contributed by atoms with Gasteiger partial charge in [0.2, 0.25) is 0 Å². The molecule has 0 aliphatic heterocycles. The van der Waals surface area contributed by atoms with E-state index in [9.17, 15) is 0 Å². The molecule has 2 N–H and O–H groups in total. The van der Waals surface area contributed by atoms with Gasteiger partial charge in [0.1, 0.15) is 0 Å². The third-order valence-electron chi connectivity index (χ3n) is 1.97. The van der Waals surface area contributed by atoms with Crippen LogP contribution in [0.5, 0.6) is 0 Å².